The molecule has 0 spiro atoms. The molecule has 0 aromatic carbocycles. The molecule has 6 nitrogen and oxygen atoms in total. The molecule has 77 heavy (non-hydrogen) atoms. The van der Waals surface area contributed by atoms with Crippen LogP contribution < -0.4 is 0 Å². The highest BCUT2D eigenvalue weighted by molar-refractivity contribution is 5.71. The lowest BCUT2D eigenvalue weighted by molar-refractivity contribution is -0.167. The average Bonchev–Trinajstić information content (AvgIpc) is 3.43. The summed E-state index contributed by atoms with van der Waals surface area (Å²) < 4.78 is 17.0. The molecule has 0 amide bonds. The molecule has 0 aromatic heterocycles. The fraction of sp³-hybridized carbons (Fsp3) is 0.845. The lowest BCUT2D eigenvalue weighted by Crippen LogP contribution is -2.30. The van der Waals surface area contributed by atoms with Gasteiger partial charge in [0.15, 0.2) is 6.10 Å². The number of hydrogen-bond donors (Lipinski definition) is 0. The third-order valence-corrected chi connectivity index (χ3v) is 15.3. The Labute approximate surface area is 479 Å². The van der Waals surface area contributed by atoms with Crippen LogP contribution in [0.15, 0.2) is 48.6 Å². The number of unbranched alkanes of at least 4 members (excludes halogenated alkanes) is 44. The van der Waals surface area contributed by atoms with Crippen LogP contribution in [0.1, 0.15) is 367 Å². The van der Waals surface area contributed by atoms with Gasteiger partial charge in [-0.15, -0.1) is 0 Å². The number of carbonyl (C=O) groups is 3. The number of hydrogen-bond acceptors (Lipinski definition) is 6. The quantitative estimate of drug-likeness (QED) is 0.0261. The number of allylic oxidation sites excluding steroid dienone is 8. The zero-order valence-electron chi connectivity index (χ0n) is 51.7. The molecular formula is C71H130O6. The summed E-state index contributed by atoms with van der Waals surface area (Å²) in [4.78, 5) is 38.4. The van der Waals surface area contributed by atoms with Crippen molar-refractivity contribution >= 4 is 17.9 Å². The van der Waals surface area contributed by atoms with Gasteiger partial charge >= 0.3 is 17.9 Å². The lowest BCUT2D eigenvalue weighted by Gasteiger charge is -2.18. The normalized spacial score (nSPS) is 12.3. The minimum atomic E-state index is -0.780. The van der Waals surface area contributed by atoms with E-state index in [9.17, 15) is 14.4 Å². The maximum absolute atomic E-state index is 12.9. The molecule has 450 valence electrons. The smallest absolute Gasteiger partial charge is 0.306 e. The highest BCUT2D eigenvalue weighted by Gasteiger charge is 2.19. The number of esters is 3. The van der Waals surface area contributed by atoms with Gasteiger partial charge in [-0.1, -0.05) is 320 Å². The Morgan fingerprint density at radius 3 is 0.805 bits per heavy atom. The van der Waals surface area contributed by atoms with Gasteiger partial charge in [-0.25, -0.2) is 0 Å². The van der Waals surface area contributed by atoms with Gasteiger partial charge in [0.2, 0.25) is 0 Å². The summed E-state index contributed by atoms with van der Waals surface area (Å²) in [6, 6.07) is 0. The molecule has 0 heterocycles. The second-order valence-corrected chi connectivity index (χ2v) is 23.1. The molecule has 1 unspecified atom stereocenters. The van der Waals surface area contributed by atoms with Crippen molar-refractivity contribution in [2.75, 3.05) is 13.2 Å². The molecule has 0 saturated heterocycles. The first-order chi connectivity index (χ1) is 38.0. The summed E-state index contributed by atoms with van der Waals surface area (Å²) >= 11 is 0. The van der Waals surface area contributed by atoms with Gasteiger partial charge in [-0.2, -0.15) is 0 Å². The predicted octanol–water partition coefficient (Wildman–Crippen LogP) is 23.3. The van der Waals surface area contributed by atoms with Gasteiger partial charge in [0, 0.05) is 19.3 Å². The van der Waals surface area contributed by atoms with Gasteiger partial charge in [0.1, 0.15) is 13.2 Å². The van der Waals surface area contributed by atoms with E-state index in [1.165, 1.54) is 244 Å². The van der Waals surface area contributed by atoms with E-state index in [1.807, 2.05) is 0 Å². The summed E-state index contributed by atoms with van der Waals surface area (Å²) in [6.45, 7) is 6.58. The van der Waals surface area contributed by atoms with Crippen LogP contribution in [0.5, 0.6) is 0 Å². The van der Waals surface area contributed by atoms with Crippen molar-refractivity contribution in [2.24, 2.45) is 0 Å². The first kappa shape index (κ1) is 74.4. The van der Waals surface area contributed by atoms with E-state index in [0.717, 1.165) is 83.5 Å². The Kier molecular flexibility index (Phi) is 63.6. The fourth-order valence-electron chi connectivity index (χ4n) is 10.2. The number of rotatable bonds is 63. The van der Waals surface area contributed by atoms with E-state index in [1.54, 1.807) is 0 Å². The third-order valence-electron chi connectivity index (χ3n) is 15.3. The molecule has 1 atom stereocenters. The Balaban J connectivity index is 4.28. The molecule has 0 radical (unpaired) electrons. The van der Waals surface area contributed by atoms with Crippen molar-refractivity contribution in [3.63, 3.8) is 0 Å². The minimum Gasteiger partial charge on any atom is -0.462 e. The summed E-state index contributed by atoms with van der Waals surface area (Å²) in [5.74, 6) is -0.865. The molecule has 0 aliphatic carbocycles. The summed E-state index contributed by atoms with van der Waals surface area (Å²) in [5.41, 5.74) is 0. The van der Waals surface area contributed by atoms with Crippen LogP contribution in [-0.4, -0.2) is 37.2 Å². The van der Waals surface area contributed by atoms with Crippen LogP contribution in [0.25, 0.3) is 0 Å². The average molecular weight is 1080 g/mol. The van der Waals surface area contributed by atoms with E-state index in [0.29, 0.717) is 19.3 Å². The predicted molar refractivity (Wildman–Crippen MR) is 335 cm³/mol. The number of ether oxygens (including phenoxy) is 3. The van der Waals surface area contributed by atoms with Crippen molar-refractivity contribution in [2.45, 2.75) is 374 Å². The molecular weight excluding hydrogens is 949 g/mol. The Morgan fingerprint density at radius 1 is 0.273 bits per heavy atom. The van der Waals surface area contributed by atoms with Crippen LogP contribution in [0.4, 0.5) is 0 Å². The van der Waals surface area contributed by atoms with E-state index >= 15 is 0 Å². The molecule has 0 N–H and O–H groups in total. The number of carbonyl (C=O) groups excluding carboxylic acids is 3. The topological polar surface area (TPSA) is 78.9 Å². The van der Waals surface area contributed by atoms with Gasteiger partial charge in [-0.3, -0.25) is 14.4 Å². The maximum atomic E-state index is 12.9. The van der Waals surface area contributed by atoms with Crippen molar-refractivity contribution in [3.8, 4) is 0 Å². The lowest BCUT2D eigenvalue weighted by atomic mass is 10.0. The van der Waals surface area contributed by atoms with E-state index in [4.69, 9.17) is 14.2 Å². The van der Waals surface area contributed by atoms with Crippen molar-refractivity contribution in [1.82, 2.24) is 0 Å². The van der Waals surface area contributed by atoms with E-state index in [-0.39, 0.29) is 31.1 Å². The van der Waals surface area contributed by atoms with Crippen LogP contribution >= 0.6 is 0 Å². The van der Waals surface area contributed by atoms with Crippen LogP contribution in [-0.2, 0) is 28.6 Å². The summed E-state index contributed by atoms with van der Waals surface area (Å²) in [5, 5.41) is 0. The molecule has 0 fully saturated rings. The van der Waals surface area contributed by atoms with Gasteiger partial charge in [0.05, 0.1) is 0 Å². The molecule has 0 rings (SSSR count). The zero-order valence-corrected chi connectivity index (χ0v) is 51.7. The second kappa shape index (κ2) is 65.9. The molecule has 0 saturated carbocycles. The molecule has 0 bridgehead atoms. The molecule has 0 aromatic rings. The van der Waals surface area contributed by atoms with Gasteiger partial charge < -0.3 is 14.2 Å². The first-order valence-corrected chi connectivity index (χ1v) is 34.1. The molecule has 0 aliphatic rings. The van der Waals surface area contributed by atoms with Gasteiger partial charge in [0.25, 0.3) is 0 Å². The Hall–Kier alpha value is -2.63. The van der Waals surface area contributed by atoms with Gasteiger partial charge in [-0.05, 0) is 77.0 Å². The highest BCUT2D eigenvalue weighted by Crippen LogP contribution is 2.18. The van der Waals surface area contributed by atoms with Crippen LogP contribution in [0, 0.1) is 0 Å². The highest BCUT2D eigenvalue weighted by atomic mass is 16.6. The van der Waals surface area contributed by atoms with Crippen LogP contribution in [0.2, 0.25) is 0 Å². The standard InChI is InChI=1S/C71H130O6/c1-4-7-10-13-16-19-22-25-28-31-32-33-34-35-36-37-38-41-43-46-49-52-55-58-61-64-70(73)76-67-68(77-71(74)65-62-59-56-53-50-47-44-40-30-27-24-21-18-15-12-9-6-3)66-75-69(72)63-60-57-54-51-48-45-42-39-29-26-23-20-17-14-11-8-5-2/h9,12,18,21,26-27,29-30,68H,4-8,10-11,13-17,19-20,22-25,28,31-67H2,1-3H3/b12-9-,21-18-,29-26-,30-27-. The first-order valence-electron chi connectivity index (χ1n) is 34.1. The van der Waals surface area contributed by atoms with E-state index in [2.05, 4.69) is 69.4 Å². The minimum absolute atomic E-state index is 0.0747. The van der Waals surface area contributed by atoms with Crippen molar-refractivity contribution in [1.29, 1.82) is 0 Å². The fourth-order valence-corrected chi connectivity index (χ4v) is 10.2. The summed E-state index contributed by atoms with van der Waals surface area (Å²) in [7, 11) is 0. The SMILES string of the molecule is CC/C=C\C/C=C\C/C=C\CCCCCCCCCC(=O)OC(COC(=O)CCCCCCCCC/C=C\CCCCCCCC)COC(=O)CCCCCCCCCCCCCCCCCCCCCCCCCCC. The zero-order chi connectivity index (χ0) is 55.7. The summed E-state index contributed by atoms with van der Waals surface area (Å²) in [6.07, 6.45) is 82.7. The molecule has 6 heteroatoms. The van der Waals surface area contributed by atoms with E-state index < -0.39 is 6.10 Å². The van der Waals surface area contributed by atoms with Crippen LogP contribution in [0.3, 0.4) is 0 Å². The maximum Gasteiger partial charge on any atom is 0.306 e. The Bertz CT molecular complexity index is 1330. The Morgan fingerprint density at radius 2 is 0.506 bits per heavy atom. The monoisotopic (exact) mass is 1080 g/mol. The van der Waals surface area contributed by atoms with Crippen molar-refractivity contribution < 1.29 is 28.6 Å². The largest absolute Gasteiger partial charge is 0.462 e. The van der Waals surface area contributed by atoms with Crippen molar-refractivity contribution in [3.05, 3.63) is 48.6 Å². The third kappa shape index (κ3) is 64.1. The molecule has 0 aliphatic heterocycles. The second-order valence-electron chi connectivity index (χ2n) is 23.1.